The third kappa shape index (κ3) is 1.87. The summed E-state index contributed by atoms with van der Waals surface area (Å²) in [5.41, 5.74) is 1.93. The molecule has 0 fully saturated rings. The van der Waals surface area contributed by atoms with E-state index in [1.54, 1.807) is 0 Å². The zero-order valence-corrected chi connectivity index (χ0v) is 9.55. The van der Waals surface area contributed by atoms with Crippen LogP contribution < -0.4 is 0 Å². The number of hydrogen-bond donors (Lipinski definition) is 1. The maximum Gasteiger partial charge on any atom is 0.0748 e. The van der Waals surface area contributed by atoms with Crippen molar-refractivity contribution in [1.29, 1.82) is 0 Å². The first-order valence-electron chi connectivity index (χ1n) is 3.29. The predicted octanol–water partition coefficient (Wildman–Crippen LogP) is 3.33. The minimum atomic E-state index is 0.881. The molecule has 0 radical (unpaired) electrons. The van der Waals surface area contributed by atoms with Crippen molar-refractivity contribution in [2.45, 2.75) is 6.92 Å². The second kappa shape index (κ2) is 4.05. The molecule has 12 heavy (non-hydrogen) atoms. The smallest absolute Gasteiger partial charge is 0.0748 e. The lowest BCUT2D eigenvalue weighted by Gasteiger charge is -2.03. The Morgan fingerprint density at radius 2 is 1.92 bits per heavy atom. The molecule has 0 spiro atoms. The average Bonchev–Trinajstić information content (AvgIpc) is 2.06. The molecule has 0 aliphatic rings. The second-order valence-corrected chi connectivity index (χ2v) is 4.02. The highest BCUT2D eigenvalue weighted by molar-refractivity contribution is 9.11. The van der Waals surface area contributed by atoms with Crippen molar-refractivity contribution >= 4 is 38.1 Å². The lowest BCUT2D eigenvalue weighted by atomic mass is 10.1. The van der Waals surface area contributed by atoms with Crippen LogP contribution in [0.25, 0.3) is 0 Å². The van der Waals surface area contributed by atoms with E-state index in [0.717, 1.165) is 20.1 Å². The van der Waals surface area contributed by atoms with E-state index >= 15 is 0 Å². The summed E-state index contributed by atoms with van der Waals surface area (Å²) in [6.45, 7) is 1.95. The molecule has 0 amide bonds. The molecular weight excluding hydrogens is 286 g/mol. The third-order valence-corrected chi connectivity index (χ3v) is 3.13. The monoisotopic (exact) mass is 291 g/mol. The summed E-state index contributed by atoms with van der Waals surface area (Å²) in [6, 6.07) is 3.84. The molecule has 0 heterocycles. The van der Waals surface area contributed by atoms with E-state index in [1.807, 2.05) is 19.1 Å². The number of hydrogen-bond acceptors (Lipinski definition) is 2. The molecule has 0 aliphatic heterocycles. The molecule has 1 aromatic carbocycles. The van der Waals surface area contributed by atoms with Gasteiger partial charge in [-0.2, -0.15) is 0 Å². The number of nitrogens with zero attached hydrogens (tertiary/aromatic N) is 1. The van der Waals surface area contributed by atoms with Crippen molar-refractivity contribution < 1.29 is 5.21 Å². The molecule has 0 saturated carbocycles. The SMILES string of the molecule is Cc1c(Br)ccc(Br)c1/C=N\O. The van der Waals surface area contributed by atoms with Crippen molar-refractivity contribution in [2.75, 3.05) is 0 Å². The topological polar surface area (TPSA) is 32.6 Å². The molecule has 1 aromatic rings. The Balaban J connectivity index is 3.32. The molecule has 4 heteroatoms. The fourth-order valence-corrected chi connectivity index (χ4v) is 1.76. The van der Waals surface area contributed by atoms with Gasteiger partial charge in [-0.15, -0.1) is 0 Å². The summed E-state index contributed by atoms with van der Waals surface area (Å²) in [4.78, 5) is 0. The van der Waals surface area contributed by atoms with Gasteiger partial charge in [0.05, 0.1) is 6.21 Å². The zero-order valence-electron chi connectivity index (χ0n) is 6.38. The number of benzene rings is 1. The summed E-state index contributed by atoms with van der Waals surface area (Å²) in [5, 5.41) is 11.4. The second-order valence-electron chi connectivity index (χ2n) is 2.31. The fraction of sp³-hybridized carbons (Fsp3) is 0.125. The van der Waals surface area contributed by atoms with Crippen molar-refractivity contribution in [1.82, 2.24) is 0 Å². The third-order valence-electron chi connectivity index (χ3n) is 1.58. The van der Waals surface area contributed by atoms with E-state index in [1.165, 1.54) is 6.21 Å². The van der Waals surface area contributed by atoms with Crippen LogP contribution in [0.1, 0.15) is 11.1 Å². The van der Waals surface area contributed by atoms with Crippen LogP contribution in [0.15, 0.2) is 26.2 Å². The molecule has 0 unspecified atom stereocenters. The Hall–Kier alpha value is -0.350. The molecule has 1 N–H and O–H groups in total. The van der Waals surface area contributed by atoms with Crippen LogP contribution in [0.2, 0.25) is 0 Å². The van der Waals surface area contributed by atoms with Crippen LogP contribution in [0.5, 0.6) is 0 Å². The molecule has 0 aromatic heterocycles. The fourth-order valence-electron chi connectivity index (χ4n) is 0.885. The van der Waals surface area contributed by atoms with Crippen LogP contribution in [0.3, 0.4) is 0 Å². The van der Waals surface area contributed by atoms with Gasteiger partial charge in [-0.05, 0) is 24.6 Å². The molecule has 0 saturated heterocycles. The summed E-state index contributed by atoms with van der Waals surface area (Å²) in [6.07, 6.45) is 1.41. The first-order valence-corrected chi connectivity index (χ1v) is 4.87. The number of halogens is 2. The Bertz CT molecular complexity index is 323. The predicted molar refractivity (Wildman–Crippen MR) is 56.0 cm³/mol. The zero-order chi connectivity index (χ0) is 9.14. The highest BCUT2D eigenvalue weighted by Crippen LogP contribution is 2.25. The highest BCUT2D eigenvalue weighted by Gasteiger charge is 2.03. The van der Waals surface area contributed by atoms with Gasteiger partial charge >= 0.3 is 0 Å². The quantitative estimate of drug-likeness (QED) is 0.481. The van der Waals surface area contributed by atoms with Crippen molar-refractivity contribution in [3.05, 3.63) is 32.2 Å². The molecule has 0 aliphatic carbocycles. The molecular formula is C8H7Br2NO. The lowest BCUT2D eigenvalue weighted by Crippen LogP contribution is -1.89. The normalized spacial score (nSPS) is 10.9. The van der Waals surface area contributed by atoms with Crippen LogP contribution >= 0.6 is 31.9 Å². The minimum Gasteiger partial charge on any atom is -0.411 e. The van der Waals surface area contributed by atoms with Crippen LogP contribution in [-0.2, 0) is 0 Å². The number of oxime groups is 1. The van der Waals surface area contributed by atoms with E-state index in [9.17, 15) is 0 Å². The van der Waals surface area contributed by atoms with Gasteiger partial charge < -0.3 is 5.21 Å². The van der Waals surface area contributed by atoms with Gasteiger partial charge in [0.25, 0.3) is 0 Å². The Morgan fingerprint density at radius 1 is 1.33 bits per heavy atom. The Kier molecular flexibility index (Phi) is 3.29. The van der Waals surface area contributed by atoms with Crippen LogP contribution in [-0.4, -0.2) is 11.4 Å². The molecule has 64 valence electrons. The maximum atomic E-state index is 8.39. The Morgan fingerprint density at radius 3 is 2.50 bits per heavy atom. The van der Waals surface area contributed by atoms with Crippen LogP contribution in [0, 0.1) is 6.92 Å². The van der Waals surface area contributed by atoms with E-state index in [0.29, 0.717) is 0 Å². The van der Waals surface area contributed by atoms with E-state index in [4.69, 9.17) is 5.21 Å². The summed E-state index contributed by atoms with van der Waals surface area (Å²) >= 11 is 6.75. The first kappa shape index (κ1) is 9.74. The largest absolute Gasteiger partial charge is 0.411 e. The summed E-state index contributed by atoms with van der Waals surface area (Å²) in [5.74, 6) is 0. The van der Waals surface area contributed by atoms with Gasteiger partial charge in [0.1, 0.15) is 0 Å². The van der Waals surface area contributed by atoms with Crippen molar-refractivity contribution in [3.63, 3.8) is 0 Å². The highest BCUT2D eigenvalue weighted by atomic mass is 79.9. The lowest BCUT2D eigenvalue weighted by molar-refractivity contribution is 0.322. The van der Waals surface area contributed by atoms with Gasteiger partial charge in [0.2, 0.25) is 0 Å². The molecule has 0 bridgehead atoms. The Labute approximate surface area is 87.5 Å². The molecule has 0 atom stereocenters. The van der Waals surface area contributed by atoms with Gasteiger partial charge in [0, 0.05) is 14.5 Å². The van der Waals surface area contributed by atoms with Gasteiger partial charge in [-0.25, -0.2) is 0 Å². The van der Waals surface area contributed by atoms with Gasteiger partial charge in [0.15, 0.2) is 0 Å². The number of rotatable bonds is 1. The van der Waals surface area contributed by atoms with Crippen molar-refractivity contribution in [3.8, 4) is 0 Å². The molecule has 2 nitrogen and oxygen atoms in total. The van der Waals surface area contributed by atoms with Crippen molar-refractivity contribution in [2.24, 2.45) is 5.16 Å². The van der Waals surface area contributed by atoms with Crippen LogP contribution in [0.4, 0.5) is 0 Å². The molecule has 1 rings (SSSR count). The maximum absolute atomic E-state index is 8.39. The standard InChI is InChI=1S/C8H7Br2NO/c1-5-6(4-11-12)8(10)3-2-7(5)9/h2-4,12H,1H3/b11-4-. The van der Waals surface area contributed by atoms with Gasteiger partial charge in [-0.3, -0.25) is 0 Å². The van der Waals surface area contributed by atoms with E-state index in [-0.39, 0.29) is 0 Å². The average molecular weight is 293 g/mol. The van der Waals surface area contributed by atoms with Gasteiger partial charge in [-0.1, -0.05) is 37.0 Å². The van der Waals surface area contributed by atoms with E-state index < -0.39 is 0 Å². The minimum absolute atomic E-state index is 0.881. The summed E-state index contributed by atoms with van der Waals surface area (Å²) in [7, 11) is 0. The van der Waals surface area contributed by atoms with E-state index in [2.05, 4.69) is 37.0 Å². The first-order chi connectivity index (χ1) is 5.66. The summed E-state index contributed by atoms with van der Waals surface area (Å²) < 4.78 is 1.92.